The molecule has 0 aliphatic heterocycles. The number of rotatable bonds is 4. The summed E-state index contributed by atoms with van der Waals surface area (Å²) >= 11 is 5.90. The minimum absolute atomic E-state index is 0.160. The highest BCUT2D eigenvalue weighted by Crippen LogP contribution is 2.28. The average molecular weight is 257 g/mol. The van der Waals surface area contributed by atoms with Crippen molar-refractivity contribution in [2.75, 3.05) is 13.7 Å². The molecule has 0 aromatic heterocycles. The Kier molecular flexibility index (Phi) is 4.52. The summed E-state index contributed by atoms with van der Waals surface area (Å²) in [4.78, 5) is 23.0. The van der Waals surface area contributed by atoms with Crippen LogP contribution in [0.5, 0.6) is 5.75 Å². The van der Waals surface area contributed by atoms with Crippen molar-refractivity contribution in [3.63, 3.8) is 0 Å². The number of esters is 1. The Hall–Kier alpha value is -1.55. The molecule has 0 spiro atoms. The van der Waals surface area contributed by atoms with Crippen LogP contribution in [0, 0.1) is 6.92 Å². The normalized spacial score (nSPS) is 9.88. The van der Waals surface area contributed by atoms with Crippen LogP contribution in [-0.4, -0.2) is 25.5 Å². The van der Waals surface area contributed by atoms with Gasteiger partial charge in [-0.3, -0.25) is 4.79 Å². The van der Waals surface area contributed by atoms with Crippen LogP contribution in [0.15, 0.2) is 12.1 Å². The van der Waals surface area contributed by atoms with Gasteiger partial charge in [-0.05, 0) is 31.5 Å². The smallest absolute Gasteiger partial charge is 0.379 e. The molecule has 4 nitrogen and oxygen atoms in total. The van der Waals surface area contributed by atoms with E-state index in [4.69, 9.17) is 16.3 Å². The van der Waals surface area contributed by atoms with Gasteiger partial charge in [0.25, 0.3) is 5.78 Å². The lowest BCUT2D eigenvalue weighted by atomic mass is 10.0. The van der Waals surface area contributed by atoms with Gasteiger partial charge in [0, 0.05) is 5.56 Å². The van der Waals surface area contributed by atoms with Crippen LogP contribution >= 0.6 is 11.6 Å². The number of carbonyl (C=O) groups excluding carboxylic acids is 2. The lowest BCUT2D eigenvalue weighted by Gasteiger charge is -2.08. The summed E-state index contributed by atoms with van der Waals surface area (Å²) in [7, 11) is 1.48. The van der Waals surface area contributed by atoms with E-state index in [1.165, 1.54) is 13.2 Å². The van der Waals surface area contributed by atoms with Crippen molar-refractivity contribution in [2.45, 2.75) is 13.8 Å². The molecule has 92 valence electrons. The molecule has 0 fully saturated rings. The third kappa shape index (κ3) is 2.97. The maximum absolute atomic E-state index is 11.7. The second kappa shape index (κ2) is 5.68. The van der Waals surface area contributed by atoms with Crippen LogP contribution < -0.4 is 4.74 Å². The van der Waals surface area contributed by atoms with E-state index >= 15 is 0 Å². The quantitative estimate of drug-likeness (QED) is 0.472. The Morgan fingerprint density at radius 2 is 2.00 bits per heavy atom. The molecule has 0 saturated carbocycles. The third-order valence-electron chi connectivity index (χ3n) is 2.20. The summed E-state index contributed by atoms with van der Waals surface area (Å²) in [5, 5.41) is 0.283. The molecule has 0 bridgehead atoms. The van der Waals surface area contributed by atoms with Gasteiger partial charge >= 0.3 is 5.97 Å². The fourth-order valence-electron chi connectivity index (χ4n) is 1.36. The number of ketones is 1. The summed E-state index contributed by atoms with van der Waals surface area (Å²) in [5.41, 5.74) is 0.846. The van der Waals surface area contributed by atoms with E-state index in [9.17, 15) is 9.59 Å². The molecule has 1 aromatic rings. The molecule has 17 heavy (non-hydrogen) atoms. The van der Waals surface area contributed by atoms with Gasteiger partial charge in [-0.25, -0.2) is 4.79 Å². The molecular weight excluding hydrogens is 244 g/mol. The van der Waals surface area contributed by atoms with E-state index in [0.29, 0.717) is 11.3 Å². The van der Waals surface area contributed by atoms with E-state index in [-0.39, 0.29) is 17.2 Å². The van der Waals surface area contributed by atoms with Crippen molar-refractivity contribution in [1.82, 2.24) is 0 Å². The van der Waals surface area contributed by atoms with Crippen LogP contribution in [0.2, 0.25) is 5.02 Å². The molecule has 0 heterocycles. The summed E-state index contributed by atoms with van der Waals surface area (Å²) < 4.78 is 9.66. The first kappa shape index (κ1) is 13.5. The predicted molar refractivity (Wildman–Crippen MR) is 63.7 cm³/mol. The Labute approximate surface area is 104 Å². The highest BCUT2D eigenvalue weighted by Gasteiger charge is 2.21. The van der Waals surface area contributed by atoms with Gasteiger partial charge in [0.2, 0.25) is 0 Å². The first-order chi connectivity index (χ1) is 8.01. The largest absolute Gasteiger partial charge is 0.495 e. The van der Waals surface area contributed by atoms with Gasteiger partial charge in [-0.1, -0.05) is 11.6 Å². The highest BCUT2D eigenvalue weighted by molar-refractivity contribution is 6.42. The van der Waals surface area contributed by atoms with Gasteiger partial charge in [0.15, 0.2) is 0 Å². The molecule has 0 aliphatic rings. The predicted octanol–water partition coefficient (Wildman–Crippen LogP) is 2.40. The number of Topliss-reactive ketones (excluding diaryl/α,β-unsaturated/α-hetero) is 1. The summed E-state index contributed by atoms with van der Waals surface area (Å²) in [6, 6.07) is 3.02. The van der Waals surface area contributed by atoms with Crippen molar-refractivity contribution in [2.24, 2.45) is 0 Å². The Morgan fingerprint density at radius 1 is 1.35 bits per heavy atom. The molecule has 1 rings (SSSR count). The Bertz CT molecular complexity index is 454. The monoisotopic (exact) mass is 256 g/mol. The van der Waals surface area contributed by atoms with Crippen molar-refractivity contribution in [3.05, 3.63) is 28.3 Å². The van der Waals surface area contributed by atoms with E-state index in [2.05, 4.69) is 4.74 Å². The zero-order valence-electron chi connectivity index (χ0n) is 9.87. The Balaban J connectivity index is 3.11. The van der Waals surface area contributed by atoms with Crippen molar-refractivity contribution < 1.29 is 19.1 Å². The SMILES string of the molecule is CCOC(=O)C(=O)c1cc(Cl)c(OC)cc1C. The second-order valence-corrected chi connectivity index (χ2v) is 3.76. The van der Waals surface area contributed by atoms with Crippen molar-refractivity contribution >= 4 is 23.4 Å². The summed E-state index contributed by atoms with van der Waals surface area (Å²) in [5.74, 6) is -1.12. The number of aryl methyl sites for hydroxylation is 1. The first-order valence-corrected chi connectivity index (χ1v) is 5.44. The van der Waals surface area contributed by atoms with E-state index in [1.807, 2.05) is 0 Å². The van der Waals surface area contributed by atoms with Gasteiger partial charge in [0.05, 0.1) is 18.7 Å². The average Bonchev–Trinajstić information content (AvgIpc) is 2.31. The molecule has 0 radical (unpaired) electrons. The number of halogens is 1. The van der Waals surface area contributed by atoms with Crippen LogP contribution in [0.25, 0.3) is 0 Å². The minimum atomic E-state index is -0.878. The van der Waals surface area contributed by atoms with Crippen molar-refractivity contribution in [3.8, 4) is 5.75 Å². The number of carbonyl (C=O) groups is 2. The lowest BCUT2D eigenvalue weighted by molar-refractivity contribution is -0.137. The topological polar surface area (TPSA) is 52.6 Å². The molecule has 0 amide bonds. The van der Waals surface area contributed by atoms with E-state index in [1.54, 1.807) is 19.9 Å². The second-order valence-electron chi connectivity index (χ2n) is 3.35. The molecular formula is C12H13ClO4. The zero-order chi connectivity index (χ0) is 13.0. The molecule has 0 aliphatic carbocycles. The van der Waals surface area contributed by atoms with Crippen molar-refractivity contribution in [1.29, 1.82) is 0 Å². The zero-order valence-corrected chi connectivity index (χ0v) is 10.6. The Morgan fingerprint density at radius 3 is 2.53 bits per heavy atom. The minimum Gasteiger partial charge on any atom is -0.495 e. The van der Waals surface area contributed by atoms with Gasteiger partial charge < -0.3 is 9.47 Å². The number of hydrogen-bond donors (Lipinski definition) is 0. The highest BCUT2D eigenvalue weighted by atomic mass is 35.5. The van der Waals surface area contributed by atoms with Gasteiger partial charge in [-0.2, -0.15) is 0 Å². The van der Waals surface area contributed by atoms with Crippen LogP contribution in [0.4, 0.5) is 0 Å². The number of benzene rings is 1. The molecule has 0 N–H and O–H groups in total. The fourth-order valence-corrected chi connectivity index (χ4v) is 1.60. The fraction of sp³-hybridized carbons (Fsp3) is 0.333. The maximum Gasteiger partial charge on any atom is 0.379 e. The van der Waals surface area contributed by atoms with E-state index in [0.717, 1.165) is 0 Å². The number of hydrogen-bond acceptors (Lipinski definition) is 4. The van der Waals surface area contributed by atoms with Gasteiger partial charge in [-0.15, -0.1) is 0 Å². The molecule has 0 atom stereocenters. The third-order valence-corrected chi connectivity index (χ3v) is 2.50. The van der Waals surface area contributed by atoms with E-state index < -0.39 is 11.8 Å². The molecule has 0 saturated heterocycles. The first-order valence-electron chi connectivity index (χ1n) is 5.06. The molecule has 5 heteroatoms. The van der Waals surface area contributed by atoms with Crippen LogP contribution in [0.3, 0.4) is 0 Å². The maximum atomic E-state index is 11.7. The van der Waals surface area contributed by atoms with Gasteiger partial charge in [0.1, 0.15) is 5.75 Å². The number of methoxy groups -OCH3 is 1. The molecule has 1 aromatic carbocycles. The summed E-state index contributed by atoms with van der Waals surface area (Å²) in [6.07, 6.45) is 0. The molecule has 0 unspecified atom stereocenters. The van der Waals surface area contributed by atoms with Crippen LogP contribution in [-0.2, 0) is 9.53 Å². The standard InChI is InChI=1S/C12H13ClO4/c1-4-17-12(15)11(14)8-6-9(13)10(16-3)5-7(8)2/h5-6H,4H2,1-3H3. The lowest BCUT2D eigenvalue weighted by Crippen LogP contribution is -2.18. The van der Waals surface area contributed by atoms with Crippen LogP contribution in [0.1, 0.15) is 22.8 Å². The summed E-state index contributed by atoms with van der Waals surface area (Å²) in [6.45, 7) is 3.50. The number of ether oxygens (including phenoxy) is 2.